The number of fused-ring (bicyclic) bond motifs is 3. The summed E-state index contributed by atoms with van der Waals surface area (Å²) >= 11 is 0. The highest BCUT2D eigenvalue weighted by atomic mass is 16.5. The van der Waals surface area contributed by atoms with Crippen molar-refractivity contribution in [3.63, 3.8) is 0 Å². The molecule has 0 unspecified atom stereocenters. The summed E-state index contributed by atoms with van der Waals surface area (Å²) in [5, 5.41) is 5.43. The first-order valence-electron chi connectivity index (χ1n) is 6.73. The molecule has 0 fully saturated rings. The highest BCUT2D eigenvalue weighted by molar-refractivity contribution is 5.90. The second-order valence-corrected chi connectivity index (χ2v) is 5.21. The van der Waals surface area contributed by atoms with Gasteiger partial charge < -0.3 is 15.5 Å². The van der Waals surface area contributed by atoms with Crippen molar-refractivity contribution < 1.29 is 4.74 Å². The zero-order valence-corrected chi connectivity index (χ0v) is 11.3. The summed E-state index contributed by atoms with van der Waals surface area (Å²) in [5.74, 6) is 0.685. The molecule has 5 heteroatoms. The van der Waals surface area contributed by atoms with Crippen LogP contribution in [0.25, 0.3) is 22.0 Å². The van der Waals surface area contributed by atoms with Crippen molar-refractivity contribution in [2.45, 2.75) is 13.0 Å². The van der Waals surface area contributed by atoms with E-state index < -0.39 is 0 Å². The summed E-state index contributed by atoms with van der Waals surface area (Å²) in [6, 6.07) is 6.36. The molecule has 1 aliphatic rings. The Morgan fingerprint density at radius 2 is 2.30 bits per heavy atom. The Kier molecular flexibility index (Phi) is 2.37. The highest BCUT2D eigenvalue weighted by Crippen LogP contribution is 2.32. The normalized spacial score (nSPS) is 14.7. The van der Waals surface area contributed by atoms with Gasteiger partial charge in [0.15, 0.2) is 0 Å². The lowest BCUT2D eigenvalue weighted by molar-refractivity contribution is 0.111. The van der Waals surface area contributed by atoms with Gasteiger partial charge in [-0.05, 0) is 17.7 Å². The summed E-state index contributed by atoms with van der Waals surface area (Å²) in [7, 11) is 1.85. The average molecular weight is 268 g/mol. The first-order chi connectivity index (χ1) is 9.74. The number of H-pyrrole nitrogens is 1. The molecule has 2 aromatic heterocycles. The fourth-order valence-corrected chi connectivity index (χ4v) is 2.87. The van der Waals surface area contributed by atoms with Crippen LogP contribution in [-0.2, 0) is 24.8 Å². The van der Waals surface area contributed by atoms with Crippen molar-refractivity contribution in [2.75, 3.05) is 12.3 Å². The first-order valence-corrected chi connectivity index (χ1v) is 6.73. The minimum absolute atomic E-state index is 0.682. The predicted molar refractivity (Wildman–Crippen MR) is 78.3 cm³/mol. The van der Waals surface area contributed by atoms with Crippen molar-refractivity contribution in [3.05, 3.63) is 35.7 Å². The Hall–Kier alpha value is -2.27. The van der Waals surface area contributed by atoms with Gasteiger partial charge >= 0.3 is 0 Å². The molecule has 0 saturated carbocycles. The number of nitrogen functional groups attached to an aromatic ring is 1. The minimum atomic E-state index is 0.682. The van der Waals surface area contributed by atoms with Crippen molar-refractivity contribution in [1.82, 2.24) is 14.8 Å². The van der Waals surface area contributed by atoms with E-state index in [1.54, 1.807) is 4.68 Å². The maximum Gasteiger partial charge on any atom is 0.129 e. The Morgan fingerprint density at radius 1 is 1.40 bits per heavy atom. The molecule has 102 valence electrons. The molecule has 0 aliphatic carbocycles. The van der Waals surface area contributed by atoms with Gasteiger partial charge in [-0.25, -0.2) is 0 Å². The van der Waals surface area contributed by atoms with E-state index in [1.165, 1.54) is 16.6 Å². The van der Waals surface area contributed by atoms with Crippen LogP contribution in [0, 0.1) is 0 Å². The van der Waals surface area contributed by atoms with E-state index in [9.17, 15) is 0 Å². The molecule has 3 N–H and O–H groups in total. The van der Waals surface area contributed by atoms with Crippen molar-refractivity contribution in [1.29, 1.82) is 0 Å². The zero-order valence-electron chi connectivity index (χ0n) is 11.3. The van der Waals surface area contributed by atoms with Gasteiger partial charge in [-0.15, -0.1) is 0 Å². The highest BCUT2D eigenvalue weighted by Gasteiger charge is 2.17. The SMILES string of the molecule is Cn1ncc(-c2ccc3[nH]c4c(c3c2)COCC4)c1N. The molecular weight excluding hydrogens is 252 g/mol. The molecule has 0 bridgehead atoms. The summed E-state index contributed by atoms with van der Waals surface area (Å²) in [5.41, 5.74) is 11.9. The topological polar surface area (TPSA) is 68.9 Å². The Balaban J connectivity index is 1.92. The number of nitrogens with two attached hydrogens (primary N) is 1. The number of aromatic nitrogens is 3. The van der Waals surface area contributed by atoms with Gasteiger partial charge in [0.25, 0.3) is 0 Å². The van der Waals surface area contributed by atoms with Crippen LogP contribution in [0.5, 0.6) is 0 Å². The molecule has 3 aromatic rings. The summed E-state index contributed by atoms with van der Waals surface area (Å²) in [6.45, 7) is 1.48. The lowest BCUT2D eigenvalue weighted by atomic mass is 10.0. The van der Waals surface area contributed by atoms with E-state index in [2.05, 4.69) is 28.3 Å². The number of rotatable bonds is 1. The van der Waals surface area contributed by atoms with Crippen LogP contribution in [0.3, 0.4) is 0 Å². The van der Waals surface area contributed by atoms with Gasteiger partial charge in [-0.1, -0.05) is 6.07 Å². The summed E-state index contributed by atoms with van der Waals surface area (Å²) in [6.07, 6.45) is 2.76. The van der Waals surface area contributed by atoms with Gasteiger partial charge in [-0.3, -0.25) is 4.68 Å². The molecule has 0 spiro atoms. The molecular formula is C15H16N4O. The van der Waals surface area contributed by atoms with E-state index in [1.807, 2.05) is 13.2 Å². The molecule has 0 amide bonds. The molecule has 0 atom stereocenters. The van der Waals surface area contributed by atoms with E-state index in [0.717, 1.165) is 29.7 Å². The smallest absolute Gasteiger partial charge is 0.129 e. The predicted octanol–water partition coefficient (Wildman–Crippen LogP) is 2.22. The maximum absolute atomic E-state index is 6.06. The number of anilines is 1. The van der Waals surface area contributed by atoms with Crippen LogP contribution in [0.1, 0.15) is 11.3 Å². The first kappa shape index (κ1) is 11.5. The second-order valence-electron chi connectivity index (χ2n) is 5.21. The molecule has 1 aromatic carbocycles. The van der Waals surface area contributed by atoms with Gasteiger partial charge in [0, 0.05) is 41.2 Å². The minimum Gasteiger partial charge on any atom is -0.383 e. The maximum atomic E-state index is 6.06. The number of aryl methyl sites for hydroxylation is 1. The van der Waals surface area contributed by atoms with Gasteiger partial charge in [0.05, 0.1) is 19.4 Å². The number of hydrogen-bond donors (Lipinski definition) is 2. The Bertz CT molecular complexity index is 800. The lowest BCUT2D eigenvalue weighted by Gasteiger charge is -2.12. The number of hydrogen-bond acceptors (Lipinski definition) is 3. The number of nitrogens with zero attached hydrogens (tertiary/aromatic N) is 2. The standard InChI is InChI=1S/C15H16N4O/c1-19-15(16)11(7-17-19)9-2-3-13-10(6-9)12-8-20-5-4-14(12)18-13/h2-3,6-7,18H,4-5,8,16H2,1H3. The third-order valence-electron chi connectivity index (χ3n) is 4.03. The Labute approximate surface area is 116 Å². The number of nitrogens with one attached hydrogen (secondary N) is 1. The second kappa shape index (κ2) is 4.11. The monoisotopic (exact) mass is 268 g/mol. The van der Waals surface area contributed by atoms with Gasteiger partial charge in [0.2, 0.25) is 0 Å². The summed E-state index contributed by atoms with van der Waals surface area (Å²) in [4.78, 5) is 3.48. The molecule has 0 saturated heterocycles. The molecule has 1 aliphatic heterocycles. The number of benzene rings is 1. The van der Waals surface area contributed by atoms with Crippen LogP contribution < -0.4 is 5.73 Å². The van der Waals surface area contributed by atoms with E-state index >= 15 is 0 Å². The Morgan fingerprint density at radius 3 is 3.10 bits per heavy atom. The molecule has 5 nitrogen and oxygen atoms in total. The van der Waals surface area contributed by atoms with Crippen LogP contribution in [-0.4, -0.2) is 21.4 Å². The van der Waals surface area contributed by atoms with Crippen LogP contribution in [0.4, 0.5) is 5.82 Å². The average Bonchev–Trinajstić information content (AvgIpc) is 3.00. The number of aromatic amines is 1. The van der Waals surface area contributed by atoms with E-state index in [4.69, 9.17) is 10.5 Å². The van der Waals surface area contributed by atoms with Crippen LogP contribution in [0.15, 0.2) is 24.4 Å². The van der Waals surface area contributed by atoms with Crippen molar-refractivity contribution >= 4 is 16.7 Å². The van der Waals surface area contributed by atoms with Crippen LogP contribution in [0.2, 0.25) is 0 Å². The number of ether oxygens (including phenoxy) is 1. The van der Waals surface area contributed by atoms with E-state index in [0.29, 0.717) is 12.4 Å². The largest absolute Gasteiger partial charge is 0.383 e. The molecule has 20 heavy (non-hydrogen) atoms. The quantitative estimate of drug-likeness (QED) is 0.711. The fraction of sp³-hybridized carbons (Fsp3) is 0.267. The fourth-order valence-electron chi connectivity index (χ4n) is 2.87. The third kappa shape index (κ3) is 1.56. The molecule has 4 rings (SSSR count). The molecule has 0 radical (unpaired) electrons. The van der Waals surface area contributed by atoms with Crippen molar-refractivity contribution in [3.8, 4) is 11.1 Å². The van der Waals surface area contributed by atoms with Gasteiger partial charge in [0.1, 0.15) is 5.82 Å². The third-order valence-corrected chi connectivity index (χ3v) is 4.03. The lowest BCUT2D eigenvalue weighted by Crippen LogP contribution is -2.08. The van der Waals surface area contributed by atoms with Gasteiger partial charge in [-0.2, -0.15) is 5.10 Å². The van der Waals surface area contributed by atoms with E-state index in [-0.39, 0.29) is 0 Å². The van der Waals surface area contributed by atoms with Crippen LogP contribution >= 0.6 is 0 Å². The van der Waals surface area contributed by atoms with Crippen molar-refractivity contribution in [2.24, 2.45) is 7.05 Å². The molecule has 3 heterocycles. The zero-order chi connectivity index (χ0) is 13.7. The summed E-state index contributed by atoms with van der Waals surface area (Å²) < 4.78 is 7.26.